The second kappa shape index (κ2) is 7.73. The number of aromatic amines is 1. The van der Waals surface area contributed by atoms with Crippen molar-refractivity contribution in [2.24, 2.45) is 0 Å². The van der Waals surface area contributed by atoms with Crippen molar-refractivity contribution in [1.29, 1.82) is 0 Å². The molecule has 0 aliphatic rings. The Morgan fingerprint density at radius 3 is 3.13 bits per heavy atom. The van der Waals surface area contributed by atoms with Gasteiger partial charge in [0.15, 0.2) is 5.16 Å². The van der Waals surface area contributed by atoms with Gasteiger partial charge in [0, 0.05) is 24.2 Å². The fraction of sp³-hybridized carbons (Fsp3) is 0.700. The highest BCUT2D eigenvalue weighted by atomic mass is 32.2. The number of hydrogen-bond donors (Lipinski definition) is 3. The van der Waals surface area contributed by atoms with Gasteiger partial charge in [-0.3, -0.25) is 0 Å². The molecule has 3 N–H and O–H groups in total. The van der Waals surface area contributed by atoms with Crippen molar-refractivity contribution in [3.8, 4) is 0 Å². The summed E-state index contributed by atoms with van der Waals surface area (Å²) in [6.45, 7) is 3.30. The zero-order chi connectivity index (χ0) is 10.9. The number of hydrogen-bond acceptors (Lipinski definition) is 4. The summed E-state index contributed by atoms with van der Waals surface area (Å²) >= 11 is 1.69. The molecule has 4 nitrogen and oxygen atoms in total. The van der Waals surface area contributed by atoms with E-state index in [0.29, 0.717) is 0 Å². The van der Waals surface area contributed by atoms with Crippen LogP contribution in [-0.2, 0) is 0 Å². The summed E-state index contributed by atoms with van der Waals surface area (Å²) in [7, 11) is 0. The van der Waals surface area contributed by atoms with Crippen LogP contribution in [0.2, 0.25) is 0 Å². The summed E-state index contributed by atoms with van der Waals surface area (Å²) in [5, 5.41) is 13.4. The largest absolute Gasteiger partial charge is 0.395 e. The smallest absolute Gasteiger partial charge is 0.165 e. The van der Waals surface area contributed by atoms with Crippen LogP contribution in [0.1, 0.15) is 19.8 Å². The molecule has 1 rings (SSSR count). The first-order valence-corrected chi connectivity index (χ1v) is 6.31. The molecule has 0 aliphatic heterocycles. The molecule has 0 spiro atoms. The molecular weight excluding hydrogens is 210 g/mol. The Hall–Kier alpha value is -0.520. The Morgan fingerprint density at radius 2 is 2.53 bits per heavy atom. The van der Waals surface area contributed by atoms with Crippen molar-refractivity contribution in [1.82, 2.24) is 15.3 Å². The number of aliphatic hydroxyl groups excluding tert-OH is 1. The van der Waals surface area contributed by atoms with E-state index in [1.807, 2.05) is 6.20 Å². The molecular formula is C10H19N3OS. The van der Waals surface area contributed by atoms with Gasteiger partial charge in [0.05, 0.1) is 6.61 Å². The maximum Gasteiger partial charge on any atom is 0.165 e. The number of aliphatic hydroxyl groups is 1. The Balaban J connectivity index is 2.11. The topological polar surface area (TPSA) is 60.9 Å². The van der Waals surface area contributed by atoms with Gasteiger partial charge >= 0.3 is 0 Å². The Kier molecular flexibility index (Phi) is 6.47. The first-order valence-electron chi connectivity index (χ1n) is 5.33. The molecule has 0 bridgehead atoms. The third-order valence-electron chi connectivity index (χ3n) is 2.08. The molecule has 0 saturated carbocycles. The number of imidazole rings is 1. The lowest BCUT2D eigenvalue weighted by atomic mass is 10.2. The SMILES string of the molecule is CCCNC(CO)CCSc1ncc[nH]1. The highest BCUT2D eigenvalue weighted by Gasteiger charge is 2.06. The van der Waals surface area contributed by atoms with Crippen LogP contribution in [0.5, 0.6) is 0 Å². The lowest BCUT2D eigenvalue weighted by Gasteiger charge is -2.14. The Labute approximate surface area is 94.9 Å². The van der Waals surface area contributed by atoms with Crippen LogP contribution >= 0.6 is 11.8 Å². The van der Waals surface area contributed by atoms with Crippen molar-refractivity contribution >= 4 is 11.8 Å². The standard InChI is InChI=1S/C10H19N3OS/c1-2-4-11-9(8-14)3-7-15-10-12-5-6-13-10/h5-6,9,11,14H,2-4,7-8H2,1H3,(H,12,13). The average Bonchev–Trinajstić information content (AvgIpc) is 2.76. The molecule has 0 aliphatic carbocycles. The van der Waals surface area contributed by atoms with Crippen LogP contribution in [0.4, 0.5) is 0 Å². The third kappa shape index (κ3) is 5.20. The summed E-state index contributed by atoms with van der Waals surface area (Å²) < 4.78 is 0. The predicted octanol–water partition coefficient (Wildman–Crippen LogP) is 1.25. The quantitative estimate of drug-likeness (QED) is 0.587. The van der Waals surface area contributed by atoms with Gasteiger partial charge < -0.3 is 15.4 Å². The van der Waals surface area contributed by atoms with Gasteiger partial charge in [0.2, 0.25) is 0 Å². The first kappa shape index (κ1) is 12.5. The van der Waals surface area contributed by atoms with E-state index < -0.39 is 0 Å². The lowest BCUT2D eigenvalue weighted by Crippen LogP contribution is -2.33. The Bertz CT molecular complexity index is 241. The summed E-state index contributed by atoms with van der Waals surface area (Å²) in [6.07, 6.45) is 5.63. The van der Waals surface area contributed by atoms with Crippen molar-refractivity contribution in [3.05, 3.63) is 12.4 Å². The van der Waals surface area contributed by atoms with E-state index in [2.05, 4.69) is 22.2 Å². The van der Waals surface area contributed by atoms with Crippen LogP contribution < -0.4 is 5.32 Å². The molecule has 1 heterocycles. The number of H-pyrrole nitrogens is 1. The normalized spacial score (nSPS) is 12.9. The lowest BCUT2D eigenvalue weighted by molar-refractivity contribution is 0.240. The van der Waals surface area contributed by atoms with Gasteiger partial charge in [-0.05, 0) is 19.4 Å². The number of nitrogens with one attached hydrogen (secondary N) is 2. The van der Waals surface area contributed by atoms with Gasteiger partial charge in [0.1, 0.15) is 0 Å². The van der Waals surface area contributed by atoms with Gasteiger partial charge in [-0.25, -0.2) is 4.98 Å². The van der Waals surface area contributed by atoms with Gasteiger partial charge in [-0.15, -0.1) is 0 Å². The molecule has 15 heavy (non-hydrogen) atoms. The van der Waals surface area contributed by atoms with Crippen molar-refractivity contribution in [2.75, 3.05) is 18.9 Å². The minimum Gasteiger partial charge on any atom is -0.395 e. The predicted molar refractivity (Wildman–Crippen MR) is 63.1 cm³/mol. The fourth-order valence-corrected chi connectivity index (χ4v) is 2.12. The third-order valence-corrected chi connectivity index (χ3v) is 3.02. The molecule has 0 saturated heterocycles. The van der Waals surface area contributed by atoms with Crippen molar-refractivity contribution in [3.63, 3.8) is 0 Å². The molecule has 0 radical (unpaired) electrons. The average molecular weight is 229 g/mol. The first-order chi connectivity index (χ1) is 7.36. The van der Waals surface area contributed by atoms with Crippen LogP contribution in [0.25, 0.3) is 0 Å². The molecule has 1 atom stereocenters. The molecule has 1 aromatic heterocycles. The molecule has 5 heteroatoms. The fourth-order valence-electron chi connectivity index (χ4n) is 1.23. The minimum atomic E-state index is 0.207. The van der Waals surface area contributed by atoms with E-state index >= 15 is 0 Å². The van der Waals surface area contributed by atoms with E-state index in [4.69, 9.17) is 5.11 Å². The maximum absolute atomic E-state index is 9.11. The Morgan fingerprint density at radius 1 is 1.67 bits per heavy atom. The zero-order valence-corrected chi connectivity index (χ0v) is 9.89. The second-order valence-electron chi connectivity index (χ2n) is 3.37. The van der Waals surface area contributed by atoms with E-state index in [-0.39, 0.29) is 12.6 Å². The highest BCUT2D eigenvalue weighted by molar-refractivity contribution is 7.99. The van der Waals surface area contributed by atoms with Gasteiger partial charge in [-0.1, -0.05) is 18.7 Å². The van der Waals surface area contributed by atoms with Crippen molar-refractivity contribution < 1.29 is 5.11 Å². The molecule has 86 valence electrons. The number of thioether (sulfide) groups is 1. The molecule has 0 fully saturated rings. The van der Waals surface area contributed by atoms with Crippen LogP contribution in [-0.4, -0.2) is 40.0 Å². The number of aromatic nitrogens is 2. The van der Waals surface area contributed by atoms with Gasteiger partial charge in [0.25, 0.3) is 0 Å². The van der Waals surface area contributed by atoms with Crippen LogP contribution in [0.3, 0.4) is 0 Å². The van der Waals surface area contributed by atoms with E-state index in [1.165, 1.54) is 0 Å². The van der Waals surface area contributed by atoms with E-state index in [1.54, 1.807) is 18.0 Å². The summed E-state index contributed by atoms with van der Waals surface area (Å²) in [5.41, 5.74) is 0. The van der Waals surface area contributed by atoms with E-state index in [0.717, 1.165) is 30.3 Å². The molecule has 1 aromatic rings. The summed E-state index contributed by atoms with van der Waals surface area (Å²) in [6, 6.07) is 0.215. The highest BCUT2D eigenvalue weighted by Crippen LogP contribution is 2.13. The molecule has 0 aromatic carbocycles. The molecule has 1 unspecified atom stereocenters. The van der Waals surface area contributed by atoms with E-state index in [9.17, 15) is 0 Å². The number of nitrogens with zero attached hydrogens (tertiary/aromatic N) is 1. The zero-order valence-electron chi connectivity index (χ0n) is 9.07. The van der Waals surface area contributed by atoms with Crippen LogP contribution in [0.15, 0.2) is 17.6 Å². The van der Waals surface area contributed by atoms with Crippen molar-refractivity contribution in [2.45, 2.75) is 31.0 Å². The summed E-state index contributed by atoms with van der Waals surface area (Å²) in [4.78, 5) is 7.17. The van der Waals surface area contributed by atoms with Gasteiger partial charge in [-0.2, -0.15) is 0 Å². The minimum absolute atomic E-state index is 0.207. The van der Waals surface area contributed by atoms with Crippen LogP contribution in [0, 0.1) is 0 Å². The maximum atomic E-state index is 9.11. The number of rotatable bonds is 8. The monoisotopic (exact) mass is 229 g/mol. The second-order valence-corrected chi connectivity index (χ2v) is 4.45. The molecule has 0 amide bonds. The summed E-state index contributed by atoms with van der Waals surface area (Å²) in [5.74, 6) is 0.968.